The first-order chi connectivity index (χ1) is 14.2. The van der Waals surface area contributed by atoms with Crippen molar-refractivity contribution in [3.8, 4) is 11.5 Å². The van der Waals surface area contributed by atoms with E-state index in [0.717, 1.165) is 5.56 Å². The molecule has 0 N–H and O–H groups in total. The van der Waals surface area contributed by atoms with E-state index in [1.165, 1.54) is 0 Å². The summed E-state index contributed by atoms with van der Waals surface area (Å²) in [5.74, 6) is 0.786. The van der Waals surface area contributed by atoms with E-state index in [1.807, 2.05) is 0 Å². The van der Waals surface area contributed by atoms with Crippen LogP contribution >= 0.6 is 0 Å². The number of nitro benzene ring substituents is 1. The van der Waals surface area contributed by atoms with Gasteiger partial charge in [-0.1, -0.05) is 17.2 Å². The molecule has 0 radical (unpaired) electrons. The number of fused-ring (bicyclic) bond motifs is 1. The van der Waals surface area contributed by atoms with Crippen molar-refractivity contribution in [1.82, 2.24) is 0 Å². The van der Waals surface area contributed by atoms with E-state index in [4.69, 9.17) is 15.0 Å². The first-order valence-electron chi connectivity index (χ1n) is 9.40. The van der Waals surface area contributed by atoms with E-state index in [1.54, 1.807) is 52.0 Å². The van der Waals surface area contributed by atoms with E-state index in [0.29, 0.717) is 28.2 Å². The predicted molar refractivity (Wildman–Crippen MR) is 110 cm³/mol. The third kappa shape index (κ3) is 3.92. The molecule has 0 bridgehead atoms. The molecule has 9 heteroatoms. The number of ether oxygens (including phenoxy) is 2. The second kappa shape index (κ2) is 8.04. The molecule has 1 heterocycles. The van der Waals surface area contributed by atoms with Crippen LogP contribution in [0.5, 0.6) is 11.5 Å². The molecule has 0 aliphatic carbocycles. The maximum atomic E-state index is 12.9. The fraction of sp³-hybridized carbons (Fsp3) is 0.381. The van der Waals surface area contributed by atoms with E-state index in [9.17, 15) is 14.9 Å². The Morgan fingerprint density at radius 3 is 2.50 bits per heavy atom. The lowest BCUT2D eigenvalue weighted by atomic mass is 9.86. The molecule has 9 nitrogen and oxygen atoms in total. The van der Waals surface area contributed by atoms with Crippen LogP contribution in [0.15, 0.2) is 29.4 Å². The Balaban J connectivity index is 1.84. The van der Waals surface area contributed by atoms with Crippen LogP contribution in [-0.4, -0.2) is 22.9 Å². The molecule has 1 atom stereocenters. The van der Waals surface area contributed by atoms with E-state index >= 15 is 0 Å². The molecular formula is C21H22N4O5. The number of azide groups is 1. The Labute approximate surface area is 173 Å². The van der Waals surface area contributed by atoms with Crippen molar-refractivity contribution >= 4 is 11.5 Å². The fourth-order valence-corrected chi connectivity index (χ4v) is 3.67. The smallest absolute Gasteiger partial charge is 0.276 e. The summed E-state index contributed by atoms with van der Waals surface area (Å²) in [5.41, 5.74) is 9.99. The molecule has 0 aromatic heterocycles. The summed E-state index contributed by atoms with van der Waals surface area (Å²) in [6.07, 6.45) is 0.0511. The highest BCUT2D eigenvalue weighted by Gasteiger charge is 2.41. The number of nitrogens with zero attached hydrogens (tertiary/aromatic N) is 4. The maximum Gasteiger partial charge on any atom is 0.276 e. The summed E-state index contributed by atoms with van der Waals surface area (Å²) in [7, 11) is 0. The predicted octanol–water partition coefficient (Wildman–Crippen LogP) is 5.13. The van der Waals surface area contributed by atoms with Crippen LogP contribution in [-0.2, 0) is 6.54 Å². The van der Waals surface area contributed by atoms with Gasteiger partial charge >= 0.3 is 0 Å². The number of carbonyl (C=O) groups is 1. The molecule has 0 spiro atoms. The highest BCUT2D eigenvalue weighted by atomic mass is 16.6. The lowest BCUT2D eigenvalue weighted by molar-refractivity contribution is -0.386. The van der Waals surface area contributed by atoms with Gasteiger partial charge < -0.3 is 9.47 Å². The molecule has 30 heavy (non-hydrogen) atoms. The number of ketones is 1. The van der Waals surface area contributed by atoms with Gasteiger partial charge in [0.05, 0.1) is 23.5 Å². The van der Waals surface area contributed by atoms with Crippen LogP contribution in [0.2, 0.25) is 0 Å². The lowest BCUT2D eigenvalue weighted by Gasteiger charge is -2.36. The third-order valence-corrected chi connectivity index (χ3v) is 5.34. The topological polar surface area (TPSA) is 127 Å². The molecular weight excluding hydrogens is 388 g/mol. The summed E-state index contributed by atoms with van der Waals surface area (Å²) >= 11 is 0. The molecule has 2 aromatic rings. The van der Waals surface area contributed by atoms with Crippen molar-refractivity contribution in [2.75, 3.05) is 6.61 Å². The van der Waals surface area contributed by atoms with Crippen molar-refractivity contribution in [3.05, 3.63) is 72.6 Å². The molecule has 2 aromatic carbocycles. The summed E-state index contributed by atoms with van der Waals surface area (Å²) < 4.78 is 12.0. The molecule has 0 saturated carbocycles. The summed E-state index contributed by atoms with van der Waals surface area (Å²) in [5, 5.41) is 15.0. The number of benzene rings is 2. The summed E-state index contributed by atoms with van der Waals surface area (Å²) in [4.78, 5) is 26.7. The largest absolute Gasteiger partial charge is 0.489 e. The van der Waals surface area contributed by atoms with Gasteiger partial charge in [0, 0.05) is 21.6 Å². The fourth-order valence-electron chi connectivity index (χ4n) is 3.67. The minimum Gasteiger partial charge on any atom is -0.489 e. The van der Waals surface area contributed by atoms with E-state index in [2.05, 4.69) is 10.0 Å². The number of rotatable bonds is 6. The first kappa shape index (κ1) is 21.1. The standard InChI is InChI=1S/C21H22N4O5/c1-12-13(2)20-18(14(3)19(12)25(27)28)17(26)9-21(4,30-20)11-29-16-7-5-15(6-8-16)10-23-24-22/h5-8H,9-11H2,1-4H3. The van der Waals surface area contributed by atoms with Crippen molar-refractivity contribution in [2.45, 2.75) is 46.3 Å². The lowest BCUT2D eigenvalue weighted by Crippen LogP contribution is -2.45. The second-order valence-electron chi connectivity index (χ2n) is 7.66. The maximum absolute atomic E-state index is 12.9. The molecule has 1 aliphatic heterocycles. The van der Waals surface area contributed by atoms with Gasteiger partial charge in [-0.05, 0) is 50.9 Å². The van der Waals surface area contributed by atoms with Crippen LogP contribution in [0.1, 0.15) is 46.0 Å². The van der Waals surface area contributed by atoms with Crippen molar-refractivity contribution in [1.29, 1.82) is 0 Å². The van der Waals surface area contributed by atoms with Crippen molar-refractivity contribution < 1.29 is 19.2 Å². The Morgan fingerprint density at radius 1 is 1.23 bits per heavy atom. The normalized spacial score (nSPS) is 17.5. The van der Waals surface area contributed by atoms with Crippen LogP contribution in [0.3, 0.4) is 0 Å². The zero-order valence-electron chi connectivity index (χ0n) is 17.3. The van der Waals surface area contributed by atoms with Gasteiger partial charge in [0.2, 0.25) is 0 Å². The van der Waals surface area contributed by atoms with E-state index in [-0.39, 0.29) is 36.6 Å². The zero-order chi connectivity index (χ0) is 22.1. The van der Waals surface area contributed by atoms with Crippen LogP contribution in [0, 0.1) is 30.9 Å². The van der Waals surface area contributed by atoms with Gasteiger partial charge in [0.25, 0.3) is 5.69 Å². The molecule has 0 amide bonds. The Morgan fingerprint density at radius 2 is 1.90 bits per heavy atom. The SMILES string of the molecule is Cc1c(C)c([N+](=O)[O-])c(C)c2c1OC(C)(COc1ccc(CN=[N+]=[N-])cc1)CC2=O. The van der Waals surface area contributed by atoms with Crippen LogP contribution in [0.25, 0.3) is 10.4 Å². The van der Waals surface area contributed by atoms with Gasteiger partial charge in [-0.25, -0.2) is 0 Å². The van der Waals surface area contributed by atoms with Crippen LogP contribution in [0.4, 0.5) is 5.69 Å². The Bertz CT molecular complexity index is 1070. The average molecular weight is 410 g/mol. The Hall–Kier alpha value is -3.58. The summed E-state index contributed by atoms with van der Waals surface area (Å²) in [6, 6.07) is 7.11. The molecule has 1 aliphatic rings. The number of hydrogen-bond acceptors (Lipinski definition) is 6. The van der Waals surface area contributed by atoms with Crippen molar-refractivity contribution in [2.24, 2.45) is 5.11 Å². The summed E-state index contributed by atoms with van der Waals surface area (Å²) in [6.45, 7) is 7.14. The first-order valence-corrected chi connectivity index (χ1v) is 9.40. The minimum absolute atomic E-state index is 0.0381. The minimum atomic E-state index is -0.909. The molecule has 3 rings (SSSR count). The van der Waals surface area contributed by atoms with Gasteiger partial charge in [-0.2, -0.15) is 0 Å². The number of Topliss-reactive ketones (excluding diaryl/α,β-unsaturated/α-hetero) is 1. The van der Waals surface area contributed by atoms with Crippen molar-refractivity contribution in [3.63, 3.8) is 0 Å². The quantitative estimate of drug-likeness (QED) is 0.214. The number of hydrogen-bond donors (Lipinski definition) is 0. The molecule has 1 unspecified atom stereocenters. The number of carbonyl (C=O) groups excluding carboxylic acids is 1. The second-order valence-corrected chi connectivity index (χ2v) is 7.66. The monoisotopic (exact) mass is 410 g/mol. The average Bonchev–Trinajstić information content (AvgIpc) is 2.69. The molecule has 0 saturated heterocycles. The zero-order valence-corrected chi connectivity index (χ0v) is 17.3. The Kier molecular flexibility index (Phi) is 5.67. The van der Waals surface area contributed by atoms with E-state index < -0.39 is 10.5 Å². The third-order valence-electron chi connectivity index (χ3n) is 5.34. The van der Waals surface area contributed by atoms with Crippen LogP contribution < -0.4 is 9.47 Å². The molecule has 0 fully saturated rings. The number of nitro groups is 1. The van der Waals surface area contributed by atoms with Gasteiger partial charge in [0.1, 0.15) is 23.7 Å². The van der Waals surface area contributed by atoms with Gasteiger partial charge in [-0.15, -0.1) is 0 Å². The highest BCUT2D eigenvalue weighted by molar-refractivity contribution is 6.03. The van der Waals surface area contributed by atoms with Gasteiger partial charge in [0.15, 0.2) is 5.78 Å². The van der Waals surface area contributed by atoms with Gasteiger partial charge in [-0.3, -0.25) is 14.9 Å². The molecule has 156 valence electrons. The highest BCUT2D eigenvalue weighted by Crippen LogP contribution is 2.43.